The molecule has 1 aliphatic rings. The maximum atomic E-state index is 13.9. The van der Waals surface area contributed by atoms with Gasteiger partial charge in [0.1, 0.15) is 11.4 Å². The van der Waals surface area contributed by atoms with Crippen LogP contribution in [0.1, 0.15) is 50.0 Å². The first kappa shape index (κ1) is 20.5. The van der Waals surface area contributed by atoms with Gasteiger partial charge in [0.25, 0.3) is 5.91 Å². The number of Topliss-reactive ketones (excluding diaryl/α,β-unsaturated/α-hetero) is 1. The summed E-state index contributed by atoms with van der Waals surface area (Å²) in [6.45, 7) is 3.10. The van der Waals surface area contributed by atoms with Crippen LogP contribution in [-0.2, 0) is 0 Å². The molecule has 9 heteroatoms. The number of amides is 1. The molecule has 0 saturated carbocycles. The topological polar surface area (TPSA) is 80.5 Å². The summed E-state index contributed by atoms with van der Waals surface area (Å²) in [4.78, 5) is 45.1. The Balaban J connectivity index is 1.82. The predicted molar refractivity (Wildman–Crippen MR) is 119 cm³/mol. The van der Waals surface area contributed by atoms with Gasteiger partial charge in [0.2, 0.25) is 5.76 Å². The van der Waals surface area contributed by atoms with Crippen molar-refractivity contribution in [1.29, 1.82) is 0 Å². The van der Waals surface area contributed by atoms with E-state index >= 15 is 0 Å². The Labute approximate surface area is 189 Å². The molecule has 4 aromatic rings. The highest BCUT2D eigenvalue weighted by Gasteiger charge is 2.45. The molecule has 0 N–H and O–H groups in total. The summed E-state index contributed by atoms with van der Waals surface area (Å²) in [6.07, 6.45) is 0. The van der Waals surface area contributed by atoms with E-state index < -0.39 is 23.2 Å². The normalized spacial score (nSPS) is 15.4. The Morgan fingerprint density at radius 3 is 2.69 bits per heavy atom. The number of hydrogen-bond acceptors (Lipinski definition) is 6. The van der Waals surface area contributed by atoms with E-state index in [-0.39, 0.29) is 33.2 Å². The van der Waals surface area contributed by atoms with E-state index in [2.05, 4.69) is 4.98 Å². The van der Waals surface area contributed by atoms with Crippen LogP contribution in [0, 0.1) is 12.7 Å². The minimum atomic E-state index is -0.898. The Bertz CT molecular complexity index is 1510. The van der Waals surface area contributed by atoms with Gasteiger partial charge >= 0.3 is 0 Å². The lowest BCUT2D eigenvalue weighted by atomic mass is 9.99. The van der Waals surface area contributed by atoms with Gasteiger partial charge in [-0.15, -0.1) is 0 Å². The van der Waals surface area contributed by atoms with Gasteiger partial charge in [0, 0.05) is 11.9 Å². The maximum absolute atomic E-state index is 13.9. The largest absolute Gasteiger partial charge is 0.450 e. The number of hydrogen-bond donors (Lipinski definition) is 0. The summed E-state index contributed by atoms with van der Waals surface area (Å²) < 4.78 is 19.7. The van der Waals surface area contributed by atoms with E-state index in [4.69, 9.17) is 16.0 Å². The molecule has 2 aromatic carbocycles. The van der Waals surface area contributed by atoms with Crippen LogP contribution >= 0.6 is 22.9 Å². The van der Waals surface area contributed by atoms with Crippen molar-refractivity contribution in [3.05, 3.63) is 91.0 Å². The second-order valence-corrected chi connectivity index (χ2v) is 8.83. The van der Waals surface area contributed by atoms with Crippen molar-refractivity contribution in [3.63, 3.8) is 0 Å². The van der Waals surface area contributed by atoms with Crippen LogP contribution in [0.3, 0.4) is 0 Å². The molecule has 1 unspecified atom stereocenters. The van der Waals surface area contributed by atoms with Crippen molar-refractivity contribution >= 4 is 50.7 Å². The summed E-state index contributed by atoms with van der Waals surface area (Å²) in [5.41, 5.74) is 0.715. The second-order valence-electron chi connectivity index (χ2n) is 7.41. The van der Waals surface area contributed by atoms with Crippen molar-refractivity contribution in [3.8, 4) is 0 Å². The number of benzene rings is 2. The molecule has 1 aliphatic heterocycles. The van der Waals surface area contributed by atoms with Crippen molar-refractivity contribution in [1.82, 2.24) is 4.98 Å². The number of thiazole rings is 1. The molecule has 160 valence electrons. The standard InChI is InChI=1S/C23H14ClFN2O4S/c1-10-21(11(2)28)32-23(26-10)27-18(12-4-3-5-13(24)8-12)17-19(29)15-9-14(25)6-7-16(15)31-20(17)22(27)30/h3-9,18H,1-2H3. The van der Waals surface area contributed by atoms with E-state index in [1.54, 1.807) is 31.2 Å². The molecule has 3 heterocycles. The zero-order valence-corrected chi connectivity index (χ0v) is 18.4. The van der Waals surface area contributed by atoms with Crippen LogP contribution in [0.5, 0.6) is 0 Å². The molecule has 6 nitrogen and oxygen atoms in total. The molecule has 1 amide bonds. The number of aryl methyl sites for hydroxylation is 1. The summed E-state index contributed by atoms with van der Waals surface area (Å²) in [5, 5.41) is 0.702. The van der Waals surface area contributed by atoms with Gasteiger partial charge in [0.05, 0.1) is 27.6 Å². The Kier molecular flexibility index (Phi) is 4.72. The average Bonchev–Trinajstić information content (AvgIpc) is 3.26. The van der Waals surface area contributed by atoms with Crippen molar-refractivity contribution in [2.24, 2.45) is 0 Å². The van der Waals surface area contributed by atoms with E-state index in [9.17, 15) is 18.8 Å². The van der Waals surface area contributed by atoms with Gasteiger partial charge in [-0.3, -0.25) is 19.3 Å². The monoisotopic (exact) mass is 468 g/mol. The molecule has 0 spiro atoms. The zero-order chi connectivity index (χ0) is 22.7. The summed E-state index contributed by atoms with van der Waals surface area (Å²) in [6, 6.07) is 9.42. The molecule has 32 heavy (non-hydrogen) atoms. The number of halogens is 2. The second kappa shape index (κ2) is 7.36. The lowest BCUT2D eigenvalue weighted by molar-refractivity contribution is 0.0969. The summed E-state index contributed by atoms with van der Waals surface area (Å²) in [7, 11) is 0. The molecular weight excluding hydrogens is 455 g/mol. The van der Waals surface area contributed by atoms with E-state index in [0.717, 1.165) is 23.5 Å². The highest BCUT2D eigenvalue weighted by atomic mass is 35.5. The maximum Gasteiger partial charge on any atom is 0.297 e. The first-order chi connectivity index (χ1) is 15.3. The Hall–Kier alpha value is -3.36. The van der Waals surface area contributed by atoms with Gasteiger partial charge in [-0.1, -0.05) is 35.1 Å². The highest BCUT2D eigenvalue weighted by Crippen LogP contribution is 2.43. The molecule has 5 rings (SSSR count). The Morgan fingerprint density at radius 2 is 2.00 bits per heavy atom. The fourth-order valence-corrected chi connectivity index (χ4v) is 5.13. The molecule has 1 atom stereocenters. The lowest BCUT2D eigenvalue weighted by Gasteiger charge is -2.22. The minimum absolute atomic E-state index is 0.0326. The number of fused-ring (bicyclic) bond motifs is 2. The van der Waals surface area contributed by atoms with Gasteiger partial charge in [-0.05, 0) is 42.8 Å². The van der Waals surface area contributed by atoms with Crippen molar-refractivity contribution in [2.45, 2.75) is 19.9 Å². The molecule has 0 fully saturated rings. The molecular formula is C23H14ClFN2O4S. The van der Waals surface area contributed by atoms with E-state index in [1.165, 1.54) is 17.9 Å². The van der Waals surface area contributed by atoms with E-state index in [0.29, 0.717) is 21.2 Å². The predicted octanol–water partition coefficient (Wildman–Crippen LogP) is 5.30. The van der Waals surface area contributed by atoms with Gasteiger partial charge in [0.15, 0.2) is 16.3 Å². The number of aromatic nitrogens is 1. The third-order valence-electron chi connectivity index (χ3n) is 5.31. The molecule has 0 aliphatic carbocycles. The number of nitrogens with zero attached hydrogens (tertiary/aromatic N) is 2. The van der Waals surface area contributed by atoms with Gasteiger partial charge < -0.3 is 4.42 Å². The van der Waals surface area contributed by atoms with Crippen LogP contribution in [-0.4, -0.2) is 16.7 Å². The van der Waals surface area contributed by atoms with Gasteiger partial charge in [-0.2, -0.15) is 0 Å². The highest BCUT2D eigenvalue weighted by molar-refractivity contribution is 7.17. The number of anilines is 1. The summed E-state index contributed by atoms with van der Waals surface area (Å²) >= 11 is 7.26. The third-order valence-corrected chi connectivity index (χ3v) is 6.80. The van der Waals surface area contributed by atoms with Crippen LogP contribution in [0.2, 0.25) is 5.02 Å². The van der Waals surface area contributed by atoms with Crippen LogP contribution in [0.15, 0.2) is 51.7 Å². The number of carbonyl (C=O) groups is 2. The first-order valence-electron chi connectivity index (χ1n) is 9.60. The van der Waals surface area contributed by atoms with Crippen LogP contribution in [0.25, 0.3) is 11.0 Å². The molecule has 0 radical (unpaired) electrons. The zero-order valence-electron chi connectivity index (χ0n) is 16.8. The first-order valence-corrected chi connectivity index (χ1v) is 10.8. The number of ketones is 1. The average molecular weight is 469 g/mol. The third kappa shape index (κ3) is 3.06. The smallest absolute Gasteiger partial charge is 0.297 e. The minimum Gasteiger partial charge on any atom is -0.450 e. The van der Waals surface area contributed by atoms with Gasteiger partial charge in [-0.25, -0.2) is 9.37 Å². The molecule has 2 aromatic heterocycles. The quantitative estimate of drug-likeness (QED) is 0.381. The van der Waals surface area contributed by atoms with Crippen molar-refractivity contribution in [2.75, 3.05) is 4.90 Å². The van der Waals surface area contributed by atoms with Crippen LogP contribution in [0.4, 0.5) is 9.52 Å². The fraction of sp³-hybridized carbons (Fsp3) is 0.130. The van der Waals surface area contributed by atoms with E-state index in [1.807, 2.05) is 0 Å². The number of carbonyl (C=O) groups excluding carboxylic acids is 2. The SMILES string of the molecule is CC(=O)c1sc(N2C(=O)c3oc4ccc(F)cc4c(=O)c3C2c2cccc(Cl)c2)nc1C. The fourth-order valence-electron chi connectivity index (χ4n) is 3.95. The molecule has 0 saturated heterocycles. The number of rotatable bonds is 3. The lowest BCUT2D eigenvalue weighted by Crippen LogP contribution is -2.29. The van der Waals surface area contributed by atoms with Crippen molar-refractivity contribution < 1.29 is 18.4 Å². The van der Waals surface area contributed by atoms with Crippen LogP contribution < -0.4 is 10.3 Å². The summed E-state index contributed by atoms with van der Waals surface area (Å²) in [5.74, 6) is -1.48. The molecule has 0 bridgehead atoms. The Morgan fingerprint density at radius 1 is 1.22 bits per heavy atom.